The quantitative estimate of drug-likeness (QED) is 0.765. The maximum Gasteiger partial charge on any atom is 0.255 e. The van der Waals surface area contributed by atoms with Crippen LogP contribution in [0.1, 0.15) is 41.0 Å². The van der Waals surface area contributed by atoms with Crippen molar-refractivity contribution in [2.75, 3.05) is 5.32 Å². The molecule has 0 saturated carbocycles. The van der Waals surface area contributed by atoms with Crippen LogP contribution in [0.3, 0.4) is 0 Å². The number of ketones is 1. The largest absolute Gasteiger partial charge is 0.487 e. The molecule has 130 valence electrons. The monoisotopic (exact) mass is 347 g/mol. The minimum Gasteiger partial charge on any atom is -0.487 e. The first-order chi connectivity index (χ1) is 12.4. The van der Waals surface area contributed by atoms with Crippen LogP contribution in [0.15, 0.2) is 48.8 Å². The van der Waals surface area contributed by atoms with E-state index in [0.717, 1.165) is 0 Å². The van der Waals surface area contributed by atoms with Crippen molar-refractivity contribution in [1.29, 1.82) is 0 Å². The van der Waals surface area contributed by atoms with Crippen molar-refractivity contribution in [1.82, 2.24) is 9.97 Å². The van der Waals surface area contributed by atoms with Gasteiger partial charge in [-0.3, -0.25) is 19.6 Å². The van der Waals surface area contributed by atoms with Gasteiger partial charge in [-0.1, -0.05) is 0 Å². The number of amides is 1. The smallest absolute Gasteiger partial charge is 0.255 e. The standard InChI is InChI=1S/C20H17N3O3/c1-20(2)11-16(24)13-6-5-12(10-17(13)26-20)19(25)23-15-7-9-21-14-4-3-8-22-18(14)15/h3-10H,11H2,1-2H3,(H,21,23,25). The van der Waals surface area contributed by atoms with E-state index in [4.69, 9.17) is 4.74 Å². The van der Waals surface area contributed by atoms with Crippen molar-refractivity contribution in [3.05, 3.63) is 59.9 Å². The number of pyridine rings is 2. The number of benzene rings is 1. The molecule has 1 aliphatic heterocycles. The van der Waals surface area contributed by atoms with Crippen LogP contribution < -0.4 is 10.1 Å². The van der Waals surface area contributed by atoms with Crippen molar-refractivity contribution in [3.63, 3.8) is 0 Å². The second kappa shape index (κ2) is 5.91. The first-order valence-electron chi connectivity index (χ1n) is 8.30. The first kappa shape index (κ1) is 16.2. The number of carbonyl (C=O) groups is 2. The number of ether oxygens (including phenoxy) is 1. The summed E-state index contributed by atoms with van der Waals surface area (Å²) in [5.41, 5.74) is 2.24. The van der Waals surface area contributed by atoms with Gasteiger partial charge in [-0.25, -0.2) is 0 Å². The number of nitrogens with one attached hydrogen (secondary N) is 1. The van der Waals surface area contributed by atoms with Crippen LogP contribution in [-0.2, 0) is 0 Å². The fourth-order valence-electron chi connectivity index (χ4n) is 3.07. The topological polar surface area (TPSA) is 81.2 Å². The van der Waals surface area contributed by atoms with Crippen molar-refractivity contribution in [2.45, 2.75) is 25.9 Å². The highest BCUT2D eigenvalue weighted by atomic mass is 16.5. The Kier molecular flexibility index (Phi) is 3.68. The van der Waals surface area contributed by atoms with Crippen LogP contribution >= 0.6 is 0 Å². The molecule has 2 aromatic heterocycles. The molecule has 0 bridgehead atoms. The van der Waals surface area contributed by atoms with E-state index in [2.05, 4.69) is 15.3 Å². The molecule has 26 heavy (non-hydrogen) atoms. The molecule has 0 aliphatic carbocycles. The molecule has 6 heteroatoms. The normalized spacial score (nSPS) is 15.2. The number of hydrogen-bond acceptors (Lipinski definition) is 5. The van der Waals surface area contributed by atoms with Gasteiger partial charge in [0, 0.05) is 18.0 Å². The lowest BCUT2D eigenvalue weighted by Gasteiger charge is -2.31. The highest BCUT2D eigenvalue weighted by Crippen LogP contribution is 2.33. The van der Waals surface area contributed by atoms with Gasteiger partial charge in [-0.05, 0) is 50.2 Å². The maximum absolute atomic E-state index is 12.7. The molecule has 1 N–H and O–H groups in total. The highest BCUT2D eigenvalue weighted by Gasteiger charge is 2.32. The summed E-state index contributed by atoms with van der Waals surface area (Å²) in [6.07, 6.45) is 3.59. The Morgan fingerprint density at radius 1 is 1.15 bits per heavy atom. The lowest BCUT2D eigenvalue weighted by molar-refractivity contribution is 0.0618. The van der Waals surface area contributed by atoms with E-state index in [-0.39, 0.29) is 11.7 Å². The lowest BCUT2D eigenvalue weighted by Crippen LogP contribution is -2.36. The Morgan fingerprint density at radius 2 is 2.00 bits per heavy atom. The molecule has 3 heterocycles. The van der Waals surface area contributed by atoms with Crippen LogP contribution in [0.25, 0.3) is 11.0 Å². The minimum absolute atomic E-state index is 0.0209. The fraction of sp³-hybridized carbons (Fsp3) is 0.200. The molecule has 4 rings (SSSR count). The van der Waals surface area contributed by atoms with Gasteiger partial charge in [0.25, 0.3) is 5.91 Å². The van der Waals surface area contributed by atoms with Gasteiger partial charge >= 0.3 is 0 Å². The molecule has 0 unspecified atom stereocenters. The number of Topliss-reactive ketones (excluding diaryl/α,β-unsaturated/α-hetero) is 1. The Morgan fingerprint density at radius 3 is 2.85 bits per heavy atom. The average molecular weight is 347 g/mol. The number of carbonyl (C=O) groups excluding carboxylic acids is 2. The van der Waals surface area contributed by atoms with Crippen molar-refractivity contribution in [2.24, 2.45) is 0 Å². The third kappa shape index (κ3) is 2.90. The molecule has 0 fully saturated rings. The van der Waals surface area contributed by atoms with Crippen LogP contribution in [0.5, 0.6) is 5.75 Å². The molecular formula is C20H17N3O3. The Labute approximate surface area is 150 Å². The van der Waals surface area contributed by atoms with Gasteiger partial charge in [0.05, 0.1) is 23.2 Å². The molecule has 1 aliphatic rings. The summed E-state index contributed by atoms with van der Waals surface area (Å²) < 4.78 is 5.88. The van der Waals surface area contributed by atoms with Crippen molar-refractivity contribution < 1.29 is 14.3 Å². The molecule has 1 amide bonds. The molecule has 0 atom stereocenters. The summed E-state index contributed by atoms with van der Waals surface area (Å²) in [4.78, 5) is 33.4. The van der Waals surface area contributed by atoms with Crippen LogP contribution in [-0.4, -0.2) is 27.3 Å². The summed E-state index contributed by atoms with van der Waals surface area (Å²) in [5.74, 6) is 0.162. The molecular weight excluding hydrogens is 330 g/mol. The van der Waals surface area contributed by atoms with Crippen molar-refractivity contribution in [3.8, 4) is 5.75 Å². The second-order valence-corrected chi connectivity index (χ2v) is 6.86. The van der Waals surface area contributed by atoms with Crippen LogP contribution in [0, 0.1) is 0 Å². The summed E-state index contributed by atoms with van der Waals surface area (Å²) in [6, 6.07) is 10.2. The zero-order chi connectivity index (χ0) is 18.3. The highest BCUT2D eigenvalue weighted by molar-refractivity contribution is 6.09. The van der Waals surface area contributed by atoms with Gasteiger partial charge < -0.3 is 10.1 Å². The molecule has 0 spiro atoms. The number of rotatable bonds is 2. The van der Waals surface area contributed by atoms with E-state index < -0.39 is 5.60 Å². The van der Waals surface area contributed by atoms with Gasteiger partial charge in [-0.2, -0.15) is 0 Å². The molecule has 6 nitrogen and oxygen atoms in total. The molecule has 3 aromatic rings. The van der Waals surface area contributed by atoms with E-state index in [1.165, 1.54) is 0 Å². The second-order valence-electron chi connectivity index (χ2n) is 6.86. The number of nitrogens with zero attached hydrogens (tertiary/aromatic N) is 2. The Bertz CT molecular complexity index is 1040. The molecule has 1 aromatic carbocycles. The van der Waals surface area contributed by atoms with Gasteiger partial charge in [0.15, 0.2) is 5.78 Å². The van der Waals surface area contributed by atoms with Crippen LogP contribution in [0.2, 0.25) is 0 Å². The van der Waals surface area contributed by atoms with Gasteiger partial charge in [0.1, 0.15) is 16.9 Å². The van der Waals surface area contributed by atoms with E-state index in [1.807, 2.05) is 19.9 Å². The Hall–Kier alpha value is -3.28. The number of hydrogen-bond donors (Lipinski definition) is 1. The number of aromatic nitrogens is 2. The molecule has 0 radical (unpaired) electrons. The van der Waals surface area contributed by atoms with E-state index >= 15 is 0 Å². The summed E-state index contributed by atoms with van der Waals surface area (Å²) >= 11 is 0. The van der Waals surface area contributed by atoms with Crippen LogP contribution in [0.4, 0.5) is 5.69 Å². The summed E-state index contributed by atoms with van der Waals surface area (Å²) in [6.45, 7) is 3.71. The van der Waals surface area contributed by atoms with E-state index in [0.29, 0.717) is 40.0 Å². The lowest BCUT2D eigenvalue weighted by atomic mass is 9.92. The van der Waals surface area contributed by atoms with E-state index in [9.17, 15) is 9.59 Å². The number of anilines is 1. The summed E-state index contributed by atoms with van der Waals surface area (Å²) in [7, 11) is 0. The molecule has 0 saturated heterocycles. The van der Waals surface area contributed by atoms with Gasteiger partial charge in [-0.15, -0.1) is 0 Å². The predicted molar refractivity (Wildman–Crippen MR) is 97.6 cm³/mol. The zero-order valence-electron chi connectivity index (χ0n) is 14.4. The first-order valence-corrected chi connectivity index (χ1v) is 8.30. The fourth-order valence-corrected chi connectivity index (χ4v) is 3.07. The predicted octanol–water partition coefficient (Wildman–Crippen LogP) is 3.63. The third-order valence-corrected chi connectivity index (χ3v) is 4.26. The number of fused-ring (bicyclic) bond motifs is 2. The SMILES string of the molecule is CC1(C)CC(=O)c2ccc(C(=O)Nc3ccnc4cccnc34)cc2O1. The maximum atomic E-state index is 12.7. The summed E-state index contributed by atoms with van der Waals surface area (Å²) in [5, 5.41) is 2.86. The van der Waals surface area contributed by atoms with Gasteiger partial charge in [0.2, 0.25) is 0 Å². The minimum atomic E-state index is -0.579. The third-order valence-electron chi connectivity index (χ3n) is 4.26. The van der Waals surface area contributed by atoms with Crippen molar-refractivity contribution >= 4 is 28.4 Å². The zero-order valence-corrected chi connectivity index (χ0v) is 14.4. The van der Waals surface area contributed by atoms with E-state index in [1.54, 1.807) is 42.7 Å². The average Bonchev–Trinajstić information content (AvgIpc) is 2.60. The Balaban J connectivity index is 1.66.